The molecular formula is C13H19ClN2O2. The van der Waals surface area contributed by atoms with Crippen LogP contribution in [0, 0.1) is 12.8 Å². The standard InChI is InChI=1S/C13H18N2O2.ClH/c1-8-2-5-12(16)11(6-8)15-13(17)9-3-4-10(14)7-9;/h2,5-6,9-10,16H,3-4,7,14H2,1H3,(H,15,17);1H. The predicted octanol–water partition coefficient (Wildman–Crippen LogP) is 2.19. The highest BCUT2D eigenvalue weighted by molar-refractivity contribution is 5.94. The van der Waals surface area contributed by atoms with Gasteiger partial charge in [0, 0.05) is 12.0 Å². The van der Waals surface area contributed by atoms with Crippen molar-refractivity contribution in [3.63, 3.8) is 0 Å². The molecule has 5 heteroatoms. The fourth-order valence-electron chi connectivity index (χ4n) is 2.24. The summed E-state index contributed by atoms with van der Waals surface area (Å²) in [4.78, 5) is 11.9. The second-order valence-corrected chi connectivity index (χ2v) is 4.78. The van der Waals surface area contributed by atoms with Crippen LogP contribution < -0.4 is 11.1 Å². The molecule has 0 spiro atoms. The SMILES string of the molecule is Cc1ccc(O)c(NC(=O)C2CCC(N)C2)c1.Cl. The van der Waals surface area contributed by atoms with Gasteiger partial charge in [-0.25, -0.2) is 0 Å². The summed E-state index contributed by atoms with van der Waals surface area (Å²) >= 11 is 0. The Morgan fingerprint density at radius 3 is 2.78 bits per heavy atom. The maximum Gasteiger partial charge on any atom is 0.227 e. The summed E-state index contributed by atoms with van der Waals surface area (Å²) in [5.41, 5.74) is 7.26. The van der Waals surface area contributed by atoms with Crippen molar-refractivity contribution in [1.29, 1.82) is 0 Å². The van der Waals surface area contributed by atoms with Crippen molar-refractivity contribution in [2.24, 2.45) is 11.7 Å². The van der Waals surface area contributed by atoms with Crippen LogP contribution in [0.4, 0.5) is 5.69 Å². The zero-order valence-electron chi connectivity index (χ0n) is 10.3. The highest BCUT2D eigenvalue weighted by Crippen LogP contribution is 2.28. The van der Waals surface area contributed by atoms with Crippen molar-refractivity contribution in [2.75, 3.05) is 5.32 Å². The Hall–Kier alpha value is -1.26. The lowest BCUT2D eigenvalue weighted by Gasteiger charge is -2.12. The van der Waals surface area contributed by atoms with Gasteiger partial charge in [-0.15, -0.1) is 12.4 Å². The monoisotopic (exact) mass is 270 g/mol. The van der Waals surface area contributed by atoms with E-state index in [1.165, 1.54) is 0 Å². The van der Waals surface area contributed by atoms with Crippen LogP contribution in [-0.4, -0.2) is 17.1 Å². The molecule has 4 nitrogen and oxygen atoms in total. The number of anilines is 1. The zero-order valence-corrected chi connectivity index (χ0v) is 11.2. The van der Waals surface area contributed by atoms with Gasteiger partial charge in [0.2, 0.25) is 5.91 Å². The van der Waals surface area contributed by atoms with E-state index in [1.54, 1.807) is 18.2 Å². The van der Waals surface area contributed by atoms with Gasteiger partial charge >= 0.3 is 0 Å². The molecule has 2 unspecified atom stereocenters. The summed E-state index contributed by atoms with van der Waals surface area (Å²) in [6.45, 7) is 1.92. The second kappa shape index (κ2) is 6.07. The Bertz CT molecular complexity index is 437. The van der Waals surface area contributed by atoms with Crippen molar-refractivity contribution < 1.29 is 9.90 Å². The Morgan fingerprint density at radius 1 is 1.44 bits per heavy atom. The van der Waals surface area contributed by atoms with Crippen LogP contribution in [0.25, 0.3) is 0 Å². The van der Waals surface area contributed by atoms with E-state index < -0.39 is 0 Å². The number of phenolic OH excluding ortho intramolecular Hbond substituents is 1. The zero-order chi connectivity index (χ0) is 12.4. The summed E-state index contributed by atoms with van der Waals surface area (Å²) in [5, 5.41) is 12.4. The van der Waals surface area contributed by atoms with Gasteiger partial charge in [0.25, 0.3) is 0 Å². The molecule has 1 aromatic rings. The number of benzene rings is 1. The number of rotatable bonds is 2. The number of nitrogens with one attached hydrogen (secondary N) is 1. The number of aryl methyl sites for hydroxylation is 1. The molecule has 100 valence electrons. The van der Waals surface area contributed by atoms with Gasteiger partial charge in [-0.3, -0.25) is 4.79 Å². The van der Waals surface area contributed by atoms with Crippen LogP contribution in [-0.2, 0) is 4.79 Å². The van der Waals surface area contributed by atoms with E-state index >= 15 is 0 Å². The summed E-state index contributed by atoms with van der Waals surface area (Å²) in [5.74, 6) is 0.0370. The molecule has 1 aliphatic rings. The molecule has 0 bridgehead atoms. The van der Waals surface area contributed by atoms with Gasteiger partial charge in [-0.05, 0) is 43.9 Å². The number of hydrogen-bond acceptors (Lipinski definition) is 3. The van der Waals surface area contributed by atoms with Crippen molar-refractivity contribution in [1.82, 2.24) is 0 Å². The summed E-state index contributed by atoms with van der Waals surface area (Å²) < 4.78 is 0. The average molecular weight is 271 g/mol. The molecule has 2 rings (SSSR count). The first-order chi connectivity index (χ1) is 8.06. The van der Waals surface area contributed by atoms with Crippen molar-refractivity contribution in [3.05, 3.63) is 23.8 Å². The van der Waals surface area contributed by atoms with Crippen LogP contribution >= 0.6 is 12.4 Å². The minimum Gasteiger partial charge on any atom is -0.506 e. The first-order valence-electron chi connectivity index (χ1n) is 5.92. The Morgan fingerprint density at radius 2 is 2.17 bits per heavy atom. The van der Waals surface area contributed by atoms with Gasteiger partial charge in [-0.1, -0.05) is 6.07 Å². The summed E-state index contributed by atoms with van der Waals surface area (Å²) in [6.07, 6.45) is 2.47. The highest BCUT2D eigenvalue weighted by atomic mass is 35.5. The third kappa shape index (κ3) is 3.37. The fraction of sp³-hybridized carbons (Fsp3) is 0.462. The predicted molar refractivity (Wildman–Crippen MR) is 74.0 cm³/mol. The Labute approximate surface area is 113 Å². The van der Waals surface area contributed by atoms with E-state index in [1.807, 2.05) is 6.92 Å². The summed E-state index contributed by atoms with van der Waals surface area (Å²) in [6, 6.07) is 5.29. The first-order valence-corrected chi connectivity index (χ1v) is 5.92. The lowest BCUT2D eigenvalue weighted by molar-refractivity contribution is -0.119. The number of carbonyl (C=O) groups is 1. The van der Waals surface area contributed by atoms with Crippen LogP contribution in [0.2, 0.25) is 0 Å². The second-order valence-electron chi connectivity index (χ2n) is 4.78. The van der Waals surface area contributed by atoms with Gasteiger partial charge < -0.3 is 16.2 Å². The number of phenols is 1. The van der Waals surface area contributed by atoms with Crippen molar-refractivity contribution in [2.45, 2.75) is 32.2 Å². The molecule has 1 fully saturated rings. The minimum absolute atomic E-state index is 0. The first kappa shape index (κ1) is 14.8. The normalized spacial score (nSPS) is 22.3. The molecule has 0 aliphatic heterocycles. The van der Waals surface area contributed by atoms with Gasteiger partial charge in [0.1, 0.15) is 5.75 Å². The van der Waals surface area contributed by atoms with Gasteiger partial charge in [0.05, 0.1) is 5.69 Å². The Kier molecular flexibility index (Phi) is 4.99. The van der Waals surface area contributed by atoms with E-state index in [2.05, 4.69) is 5.32 Å². The van der Waals surface area contributed by atoms with E-state index in [9.17, 15) is 9.90 Å². The molecular weight excluding hydrogens is 252 g/mol. The van der Waals surface area contributed by atoms with Crippen LogP contribution in [0.5, 0.6) is 5.75 Å². The number of hydrogen-bond donors (Lipinski definition) is 3. The maximum atomic E-state index is 11.9. The van der Waals surface area contributed by atoms with Gasteiger partial charge in [-0.2, -0.15) is 0 Å². The van der Waals surface area contributed by atoms with E-state index in [0.29, 0.717) is 5.69 Å². The van der Waals surface area contributed by atoms with Crippen LogP contribution in [0.3, 0.4) is 0 Å². The van der Waals surface area contributed by atoms with E-state index in [4.69, 9.17) is 5.73 Å². The fourth-order valence-corrected chi connectivity index (χ4v) is 2.24. The number of nitrogens with two attached hydrogens (primary N) is 1. The topological polar surface area (TPSA) is 75.3 Å². The van der Waals surface area contributed by atoms with Crippen LogP contribution in [0.1, 0.15) is 24.8 Å². The van der Waals surface area contributed by atoms with Gasteiger partial charge in [0.15, 0.2) is 0 Å². The van der Waals surface area contributed by atoms with Crippen molar-refractivity contribution in [3.8, 4) is 5.75 Å². The molecule has 0 heterocycles. The minimum atomic E-state index is -0.0427. The molecule has 2 atom stereocenters. The number of halogens is 1. The van der Waals surface area contributed by atoms with Crippen LogP contribution in [0.15, 0.2) is 18.2 Å². The van der Waals surface area contributed by atoms with Crippen molar-refractivity contribution >= 4 is 24.0 Å². The molecule has 1 amide bonds. The largest absolute Gasteiger partial charge is 0.506 e. The molecule has 1 aromatic carbocycles. The van der Waals surface area contributed by atoms with E-state index in [-0.39, 0.29) is 36.0 Å². The summed E-state index contributed by atoms with van der Waals surface area (Å²) in [7, 11) is 0. The highest BCUT2D eigenvalue weighted by Gasteiger charge is 2.28. The molecule has 0 radical (unpaired) electrons. The average Bonchev–Trinajstić information content (AvgIpc) is 2.70. The number of aromatic hydroxyl groups is 1. The lowest BCUT2D eigenvalue weighted by atomic mass is 10.1. The molecule has 0 saturated heterocycles. The quantitative estimate of drug-likeness (QED) is 0.721. The smallest absolute Gasteiger partial charge is 0.227 e. The lowest BCUT2D eigenvalue weighted by Crippen LogP contribution is -2.23. The maximum absolute atomic E-state index is 11.9. The third-order valence-corrected chi connectivity index (χ3v) is 3.25. The number of amides is 1. The van der Waals surface area contributed by atoms with E-state index in [0.717, 1.165) is 24.8 Å². The molecule has 1 saturated carbocycles. The molecule has 1 aliphatic carbocycles. The third-order valence-electron chi connectivity index (χ3n) is 3.25. The molecule has 18 heavy (non-hydrogen) atoms. The Balaban J connectivity index is 0.00000162. The number of carbonyl (C=O) groups excluding carboxylic acids is 1. The molecule has 0 aromatic heterocycles. The molecule has 4 N–H and O–H groups in total.